The number of ether oxygens (including phenoxy) is 1. The van der Waals surface area contributed by atoms with Crippen LogP contribution in [0, 0.1) is 10.1 Å². The van der Waals surface area contributed by atoms with E-state index in [9.17, 15) is 14.9 Å². The summed E-state index contributed by atoms with van der Waals surface area (Å²) in [6.45, 7) is 2.06. The van der Waals surface area contributed by atoms with Crippen LogP contribution in [0.1, 0.15) is 12.5 Å². The first-order valence-corrected chi connectivity index (χ1v) is 6.65. The van der Waals surface area contributed by atoms with Crippen LogP contribution in [0.15, 0.2) is 48.8 Å². The monoisotopic (exact) mass is 298 g/mol. The predicted octanol–water partition coefficient (Wildman–Crippen LogP) is 3.23. The van der Waals surface area contributed by atoms with Crippen LogP contribution < -0.4 is 0 Å². The molecule has 1 heterocycles. The summed E-state index contributed by atoms with van der Waals surface area (Å²) in [5.74, 6) is -0.408. The standard InChI is InChI=1S/C16H14N2O4/c1-2-22-16(19)8-5-12-3-6-13(7-4-12)14-11-17-10-9-15(14)18(20)21/h3-11H,2H2,1H3/b8-5+. The molecule has 112 valence electrons. The minimum absolute atomic E-state index is 0.00446. The Labute approximate surface area is 127 Å². The van der Waals surface area contributed by atoms with Crippen LogP contribution in [0.25, 0.3) is 17.2 Å². The molecule has 0 bridgehead atoms. The summed E-state index contributed by atoms with van der Waals surface area (Å²) in [5, 5.41) is 11.0. The van der Waals surface area contributed by atoms with Crippen molar-refractivity contribution >= 4 is 17.7 Å². The second-order valence-corrected chi connectivity index (χ2v) is 4.36. The smallest absolute Gasteiger partial charge is 0.330 e. The molecule has 1 aromatic heterocycles. The molecule has 1 aromatic carbocycles. The lowest BCUT2D eigenvalue weighted by molar-refractivity contribution is -0.384. The summed E-state index contributed by atoms with van der Waals surface area (Å²) < 4.78 is 4.79. The van der Waals surface area contributed by atoms with Crippen LogP contribution in [-0.4, -0.2) is 22.5 Å². The fraction of sp³-hybridized carbons (Fsp3) is 0.125. The van der Waals surface area contributed by atoms with Gasteiger partial charge in [-0.25, -0.2) is 4.79 Å². The Balaban J connectivity index is 2.23. The van der Waals surface area contributed by atoms with Crippen molar-refractivity contribution in [2.24, 2.45) is 0 Å². The number of pyridine rings is 1. The molecule has 0 radical (unpaired) electrons. The first-order chi connectivity index (χ1) is 10.6. The number of benzene rings is 1. The maximum atomic E-state index is 11.2. The lowest BCUT2D eigenvalue weighted by Crippen LogP contribution is -1.98. The van der Waals surface area contributed by atoms with Crippen molar-refractivity contribution in [2.75, 3.05) is 6.61 Å². The van der Waals surface area contributed by atoms with E-state index < -0.39 is 10.9 Å². The SMILES string of the molecule is CCOC(=O)/C=C/c1ccc(-c2cnccc2[N+](=O)[O-])cc1. The summed E-state index contributed by atoms with van der Waals surface area (Å²) >= 11 is 0. The summed E-state index contributed by atoms with van der Waals surface area (Å²) in [7, 11) is 0. The van der Waals surface area contributed by atoms with E-state index in [1.54, 1.807) is 37.3 Å². The zero-order valence-electron chi connectivity index (χ0n) is 11.9. The molecule has 0 aliphatic carbocycles. The summed E-state index contributed by atoms with van der Waals surface area (Å²) in [4.78, 5) is 25.7. The van der Waals surface area contributed by atoms with E-state index in [0.29, 0.717) is 17.7 Å². The molecule has 6 nitrogen and oxygen atoms in total. The molecule has 0 saturated heterocycles. The Morgan fingerprint density at radius 2 is 2.05 bits per heavy atom. The van der Waals surface area contributed by atoms with Crippen molar-refractivity contribution in [1.29, 1.82) is 0 Å². The van der Waals surface area contributed by atoms with Gasteiger partial charge in [-0.15, -0.1) is 0 Å². The highest BCUT2D eigenvalue weighted by Gasteiger charge is 2.14. The molecule has 0 unspecified atom stereocenters. The van der Waals surface area contributed by atoms with Gasteiger partial charge in [0, 0.05) is 24.5 Å². The molecule has 2 rings (SSSR count). The number of rotatable bonds is 5. The molecule has 22 heavy (non-hydrogen) atoms. The average Bonchev–Trinajstić information content (AvgIpc) is 2.54. The number of esters is 1. The molecular weight excluding hydrogens is 284 g/mol. The minimum atomic E-state index is -0.439. The number of nitro groups is 1. The van der Waals surface area contributed by atoms with Gasteiger partial charge in [-0.2, -0.15) is 0 Å². The van der Waals surface area contributed by atoms with Crippen molar-refractivity contribution in [1.82, 2.24) is 4.98 Å². The van der Waals surface area contributed by atoms with Crippen LogP contribution in [0.5, 0.6) is 0 Å². The van der Waals surface area contributed by atoms with E-state index in [1.807, 2.05) is 0 Å². The van der Waals surface area contributed by atoms with Gasteiger partial charge in [0.05, 0.1) is 17.1 Å². The zero-order valence-corrected chi connectivity index (χ0v) is 11.9. The largest absolute Gasteiger partial charge is 0.463 e. The molecule has 0 atom stereocenters. The Bertz CT molecular complexity index is 708. The first-order valence-electron chi connectivity index (χ1n) is 6.65. The third kappa shape index (κ3) is 3.76. The molecule has 2 aromatic rings. The molecule has 0 spiro atoms. The second-order valence-electron chi connectivity index (χ2n) is 4.36. The third-order valence-electron chi connectivity index (χ3n) is 2.91. The lowest BCUT2D eigenvalue weighted by atomic mass is 10.0. The van der Waals surface area contributed by atoms with Gasteiger partial charge in [-0.05, 0) is 24.1 Å². The predicted molar refractivity (Wildman–Crippen MR) is 82.0 cm³/mol. The Morgan fingerprint density at radius 3 is 2.68 bits per heavy atom. The van der Waals surface area contributed by atoms with Crippen LogP contribution in [0.3, 0.4) is 0 Å². The van der Waals surface area contributed by atoms with Crippen molar-refractivity contribution < 1.29 is 14.5 Å². The van der Waals surface area contributed by atoms with Gasteiger partial charge in [0.15, 0.2) is 0 Å². The Hall–Kier alpha value is -3.02. The van der Waals surface area contributed by atoms with E-state index in [4.69, 9.17) is 4.74 Å². The van der Waals surface area contributed by atoms with Crippen LogP contribution >= 0.6 is 0 Å². The van der Waals surface area contributed by atoms with Crippen LogP contribution in [0.2, 0.25) is 0 Å². The van der Waals surface area contributed by atoms with E-state index in [-0.39, 0.29) is 5.69 Å². The number of carbonyl (C=O) groups is 1. The second kappa shape index (κ2) is 7.12. The highest BCUT2D eigenvalue weighted by Crippen LogP contribution is 2.28. The van der Waals surface area contributed by atoms with Gasteiger partial charge in [-0.1, -0.05) is 24.3 Å². The van der Waals surface area contributed by atoms with Gasteiger partial charge < -0.3 is 4.74 Å². The number of aromatic nitrogens is 1. The zero-order chi connectivity index (χ0) is 15.9. The van der Waals surface area contributed by atoms with Crippen molar-refractivity contribution in [2.45, 2.75) is 6.92 Å². The molecule has 0 aliphatic heterocycles. The van der Waals surface area contributed by atoms with Gasteiger partial charge >= 0.3 is 5.97 Å². The van der Waals surface area contributed by atoms with E-state index in [1.165, 1.54) is 24.5 Å². The molecule has 0 N–H and O–H groups in total. The summed E-state index contributed by atoms with van der Waals surface area (Å²) in [5.41, 5.74) is 1.94. The Kier molecular flexibility index (Phi) is 4.98. The van der Waals surface area contributed by atoms with Crippen LogP contribution in [0.4, 0.5) is 5.69 Å². The minimum Gasteiger partial charge on any atom is -0.463 e. The molecule has 0 amide bonds. The average molecular weight is 298 g/mol. The molecule has 0 fully saturated rings. The normalized spacial score (nSPS) is 10.6. The van der Waals surface area contributed by atoms with Crippen LogP contribution in [-0.2, 0) is 9.53 Å². The molecule has 6 heteroatoms. The number of carbonyl (C=O) groups excluding carboxylic acids is 1. The topological polar surface area (TPSA) is 82.3 Å². The molecular formula is C16H14N2O4. The van der Waals surface area contributed by atoms with E-state index >= 15 is 0 Å². The number of nitrogens with zero attached hydrogens (tertiary/aromatic N) is 2. The van der Waals surface area contributed by atoms with Crippen molar-refractivity contribution in [3.63, 3.8) is 0 Å². The number of hydrogen-bond acceptors (Lipinski definition) is 5. The van der Waals surface area contributed by atoms with E-state index in [2.05, 4.69) is 4.98 Å². The fourth-order valence-electron chi connectivity index (χ4n) is 1.90. The van der Waals surface area contributed by atoms with Crippen molar-refractivity contribution in [3.8, 4) is 11.1 Å². The summed E-state index contributed by atoms with van der Waals surface area (Å²) in [6, 6.07) is 8.39. The van der Waals surface area contributed by atoms with E-state index in [0.717, 1.165) is 5.56 Å². The molecule has 0 aliphatic rings. The summed E-state index contributed by atoms with van der Waals surface area (Å²) in [6.07, 6.45) is 5.81. The van der Waals surface area contributed by atoms with Gasteiger partial charge in [0.1, 0.15) is 0 Å². The third-order valence-corrected chi connectivity index (χ3v) is 2.91. The van der Waals surface area contributed by atoms with Gasteiger partial charge in [0.2, 0.25) is 0 Å². The maximum Gasteiger partial charge on any atom is 0.330 e. The highest BCUT2D eigenvalue weighted by atomic mass is 16.6. The number of hydrogen-bond donors (Lipinski definition) is 0. The fourth-order valence-corrected chi connectivity index (χ4v) is 1.90. The maximum absolute atomic E-state index is 11.2. The quantitative estimate of drug-likeness (QED) is 0.366. The lowest BCUT2D eigenvalue weighted by Gasteiger charge is -2.03. The first kappa shape index (κ1) is 15.4. The Morgan fingerprint density at radius 1 is 1.32 bits per heavy atom. The highest BCUT2D eigenvalue weighted by molar-refractivity contribution is 5.87. The van der Waals surface area contributed by atoms with Gasteiger partial charge in [-0.3, -0.25) is 15.1 Å². The van der Waals surface area contributed by atoms with Gasteiger partial charge in [0.25, 0.3) is 5.69 Å². The molecule has 0 saturated carbocycles. The van der Waals surface area contributed by atoms with Crippen molar-refractivity contribution in [3.05, 3.63) is 64.5 Å².